The van der Waals surface area contributed by atoms with Crippen LogP contribution in [0.4, 0.5) is 5.69 Å². The average Bonchev–Trinajstić information content (AvgIpc) is 2.61. The van der Waals surface area contributed by atoms with Crippen molar-refractivity contribution in [3.8, 4) is 0 Å². The smallest absolute Gasteiger partial charge is 0.234 e. The Kier molecular flexibility index (Phi) is 6.44. The number of fused-ring (bicyclic) bond motifs is 1. The third-order valence-corrected chi connectivity index (χ3v) is 5.25. The molecule has 134 valence electrons. The van der Waals surface area contributed by atoms with Crippen LogP contribution in [-0.4, -0.2) is 40.6 Å². The Labute approximate surface area is 170 Å². The van der Waals surface area contributed by atoms with E-state index in [4.69, 9.17) is 0 Å². The minimum Gasteiger partial charge on any atom is -0.325 e. The van der Waals surface area contributed by atoms with Gasteiger partial charge in [0.15, 0.2) is 0 Å². The van der Waals surface area contributed by atoms with E-state index in [0.717, 1.165) is 31.0 Å². The Morgan fingerprint density at radius 1 is 1.12 bits per heavy atom. The maximum Gasteiger partial charge on any atom is 0.234 e. The van der Waals surface area contributed by atoms with Crippen molar-refractivity contribution in [1.82, 2.24) is 14.9 Å². The molecule has 0 saturated heterocycles. The third-order valence-electron chi connectivity index (χ3n) is 3.54. The Balaban J connectivity index is 1.74. The highest BCUT2D eigenvalue weighted by Gasteiger charge is 2.11. The van der Waals surface area contributed by atoms with Gasteiger partial charge in [-0.2, -0.15) is 0 Å². The van der Waals surface area contributed by atoms with Crippen molar-refractivity contribution >= 4 is 56.9 Å². The first-order valence-corrected chi connectivity index (χ1v) is 10.2. The van der Waals surface area contributed by atoms with Gasteiger partial charge in [-0.1, -0.05) is 30.0 Å². The molecule has 0 bridgehead atoms. The van der Waals surface area contributed by atoms with Crippen molar-refractivity contribution in [3.05, 3.63) is 57.9 Å². The van der Waals surface area contributed by atoms with Gasteiger partial charge in [0.25, 0.3) is 0 Å². The van der Waals surface area contributed by atoms with Crippen LogP contribution in [-0.2, 0) is 11.3 Å². The van der Waals surface area contributed by atoms with E-state index >= 15 is 0 Å². The number of carbonyl (C=O) groups is 1. The molecule has 3 aromatic rings. The van der Waals surface area contributed by atoms with E-state index in [0.29, 0.717) is 12.3 Å². The van der Waals surface area contributed by atoms with Crippen LogP contribution in [0.5, 0.6) is 0 Å². The van der Waals surface area contributed by atoms with Crippen LogP contribution < -0.4 is 5.32 Å². The average molecular weight is 478 g/mol. The molecule has 0 spiro atoms. The van der Waals surface area contributed by atoms with Crippen LogP contribution in [0.25, 0.3) is 10.9 Å². The molecule has 0 aliphatic rings. The number of anilines is 1. The summed E-state index contributed by atoms with van der Waals surface area (Å²) in [4.78, 5) is 23.6. The molecule has 5 nitrogen and oxygen atoms in total. The van der Waals surface area contributed by atoms with Crippen molar-refractivity contribution in [3.63, 3.8) is 0 Å². The molecule has 26 heavy (non-hydrogen) atoms. The summed E-state index contributed by atoms with van der Waals surface area (Å²) < 4.78 is 1.14. The number of hydrogen-bond donors (Lipinski definition) is 1. The highest BCUT2D eigenvalue weighted by Crippen LogP contribution is 2.25. The highest BCUT2D eigenvalue weighted by atomic mass is 127. The van der Waals surface area contributed by atoms with Crippen molar-refractivity contribution in [2.24, 2.45) is 0 Å². The summed E-state index contributed by atoms with van der Waals surface area (Å²) in [6, 6.07) is 15.6. The molecule has 1 heterocycles. The summed E-state index contributed by atoms with van der Waals surface area (Å²) in [5.74, 6) is 1.01. The van der Waals surface area contributed by atoms with Gasteiger partial charge in [0.05, 0.1) is 17.8 Å². The van der Waals surface area contributed by atoms with E-state index < -0.39 is 0 Å². The highest BCUT2D eigenvalue weighted by molar-refractivity contribution is 14.1. The molecule has 2 aromatic carbocycles. The minimum atomic E-state index is -0.0481. The second-order valence-corrected chi connectivity index (χ2v) is 8.25. The van der Waals surface area contributed by atoms with Crippen molar-refractivity contribution in [2.45, 2.75) is 11.6 Å². The fourth-order valence-corrected chi connectivity index (χ4v) is 3.62. The molecule has 0 aliphatic heterocycles. The van der Waals surface area contributed by atoms with Gasteiger partial charge in [0.2, 0.25) is 5.91 Å². The first-order valence-electron chi connectivity index (χ1n) is 8.10. The molecule has 3 rings (SSSR count). The Hall–Kier alpha value is -1.71. The summed E-state index contributed by atoms with van der Waals surface area (Å²) in [6.45, 7) is 0.660. The fourth-order valence-electron chi connectivity index (χ4n) is 2.42. The van der Waals surface area contributed by atoms with E-state index in [1.165, 1.54) is 11.8 Å². The number of carbonyl (C=O) groups excluding carboxylic acids is 1. The molecule has 0 atom stereocenters. The lowest BCUT2D eigenvalue weighted by Gasteiger charge is -2.12. The van der Waals surface area contributed by atoms with Crippen LogP contribution in [0.15, 0.2) is 53.6 Å². The van der Waals surface area contributed by atoms with Crippen LogP contribution in [0.1, 0.15) is 5.82 Å². The number of halogens is 1. The molecule has 0 radical (unpaired) electrons. The second-order valence-electron chi connectivity index (χ2n) is 6.04. The van der Waals surface area contributed by atoms with Gasteiger partial charge in [0, 0.05) is 14.6 Å². The van der Waals surface area contributed by atoms with Gasteiger partial charge >= 0.3 is 0 Å². The van der Waals surface area contributed by atoms with E-state index in [2.05, 4.69) is 37.9 Å². The lowest BCUT2D eigenvalue weighted by Crippen LogP contribution is -2.15. The molecular weight excluding hydrogens is 459 g/mol. The maximum atomic E-state index is 12.3. The number of aromatic nitrogens is 2. The quantitative estimate of drug-likeness (QED) is 0.330. The standard InChI is InChI=1S/C19H19IN4OS/c1-24(2)11-17-22-16-6-4-3-5-15(16)19(23-17)26-12-18(25)21-14-9-7-13(20)8-10-14/h3-10H,11-12H2,1-2H3,(H,21,25). The number of thioether (sulfide) groups is 1. The summed E-state index contributed by atoms with van der Waals surface area (Å²) >= 11 is 3.68. The SMILES string of the molecule is CN(C)Cc1nc(SCC(=O)Nc2ccc(I)cc2)c2ccccc2n1. The molecule has 1 amide bonds. The van der Waals surface area contributed by atoms with Crippen LogP contribution >= 0.6 is 34.4 Å². The number of benzene rings is 2. The molecule has 1 N–H and O–H groups in total. The molecule has 0 saturated carbocycles. The number of hydrogen-bond acceptors (Lipinski definition) is 5. The van der Waals surface area contributed by atoms with E-state index in [1.54, 1.807) is 0 Å². The number of rotatable bonds is 6. The molecule has 0 unspecified atom stereocenters. The van der Waals surface area contributed by atoms with Gasteiger partial charge in [-0.25, -0.2) is 9.97 Å². The number of amides is 1. The van der Waals surface area contributed by atoms with E-state index in [9.17, 15) is 4.79 Å². The lowest BCUT2D eigenvalue weighted by molar-refractivity contribution is -0.113. The zero-order valence-electron chi connectivity index (χ0n) is 14.6. The molecule has 1 aromatic heterocycles. The first-order chi connectivity index (χ1) is 12.5. The monoisotopic (exact) mass is 478 g/mol. The van der Waals surface area contributed by atoms with Crippen LogP contribution in [0, 0.1) is 3.57 Å². The number of para-hydroxylation sites is 1. The summed E-state index contributed by atoms with van der Waals surface area (Å²) in [6.07, 6.45) is 0. The van der Waals surface area contributed by atoms with Gasteiger partial charge in [0.1, 0.15) is 10.9 Å². The Morgan fingerprint density at radius 3 is 2.58 bits per heavy atom. The van der Waals surface area contributed by atoms with Gasteiger partial charge in [-0.3, -0.25) is 4.79 Å². The summed E-state index contributed by atoms with van der Waals surface area (Å²) in [5.41, 5.74) is 1.71. The summed E-state index contributed by atoms with van der Waals surface area (Å²) in [5, 5.41) is 4.73. The normalized spacial score (nSPS) is 11.1. The van der Waals surface area contributed by atoms with Gasteiger partial charge in [-0.15, -0.1) is 0 Å². The van der Waals surface area contributed by atoms with Gasteiger partial charge < -0.3 is 10.2 Å². The maximum absolute atomic E-state index is 12.3. The van der Waals surface area contributed by atoms with Crippen molar-refractivity contribution in [1.29, 1.82) is 0 Å². The molecule has 7 heteroatoms. The van der Waals surface area contributed by atoms with Crippen molar-refractivity contribution in [2.75, 3.05) is 25.2 Å². The topological polar surface area (TPSA) is 58.1 Å². The molecule has 0 fully saturated rings. The number of nitrogens with one attached hydrogen (secondary N) is 1. The summed E-state index contributed by atoms with van der Waals surface area (Å²) in [7, 11) is 3.97. The van der Waals surface area contributed by atoms with Crippen molar-refractivity contribution < 1.29 is 4.79 Å². The van der Waals surface area contributed by atoms with E-state index in [1.807, 2.05) is 67.5 Å². The molecular formula is C19H19IN4OS. The lowest BCUT2D eigenvalue weighted by atomic mass is 10.2. The predicted octanol–water partition coefficient (Wildman–Crippen LogP) is 4.03. The zero-order chi connectivity index (χ0) is 18.5. The molecule has 0 aliphatic carbocycles. The second kappa shape index (κ2) is 8.79. The first kappa shape index (κ1) is 19.1. The van der Waals surface area contributed by atoms with Crippen LogP contribution in [0.3, 0.4) is 0 Å². The zero-order valence-corrected chi connectivity index (χ0v) is 17.5. The Morgan fingerprint density at radius 2 is 1.85 bits per heavy atom. The van der Waals surface area contributed by atoms with E-state index in [-0.39, 0.29) is 5.91 Å². The Bertz CT molecular complexity index is 915. The number of nitrogens with zero attached hydrogens (tertiary/aromatic N) is 3. The minimum absolute atomic E-state index is 0.0481. The third kappa shape index (κ3) is 5.15. The van der Waals surface area contributed by atoms with Gasteiger partial charge in [-0.05, 0) is 67.0 Å². The largest absolute Gasteiger partial charge is 0.325 e. The fraction of sp³-hybridized carbons (Fsp3) is 0.211. The predicted molar refractivity (Wildman–Crippen MR) is 115 cm³/mol. The van der Waals surface area contributed by atoms with Crippen LogP contribution in [0.2, 0.25) is 0 Å².